The van der Waals surface area contributed by atoms with Gasteiger partial charge in [0, 0.05) is 10.6 Å². The van der Waals surface area contributed by atoms with Gasteiger partial charge in [0.2, 0.25) is 0 Å². The van der Waals surface area contributed by atoms with E-state index in [1.807, 2.05) is 0 Å². The molecule has 128 valence electrons. The Balaban J connectivity index is 1.89. The highest BCUT2D eigenvalue weighted by atomic mass is 35.5. The molecule has 2 aromatic carbocycles. The Morgan fingerprint density at radius 3 is 2.52 bits per heavy atom. The second-order valence-electron chi connectivity index (χ2n) is 5.14. The normalized spacial score (nSPS) is 16.2. The maximum atomic E-state index is 13.9. The van der Waals surface area contributed by atoms with Crippen LogP contribution in [0.4, 0.5) is 13.6 Å². The lowest BCUT2D eigenvalue weighted by Crippen LogP contribution is -2.27. The molecular formula is C17H9Cl2F2NO2S. The average molecular weight is 400 g/mol. The van der Waals surface area contributed by atoms with Crippen LogP contribution in [0.5, 0.6) is 0 Å². The lowest BCUT2D eigenvalue weighted by Gasteiger charge is -2.13. The van der Waals surface area contributed by atoms with Crippen molar-refractivity contribution in [2.75, 3.05) is 0 Å². The first-order chi connectivity index (χ1) is 11.9. The summed E-state index contributed by atoms with van der Waals surface area (Å²) in [4.78, 5) is 25.6. The van der Waals surface area contributed by atoms with E-state index in [0.29, 0.717) is 17.3 Å². The van der Waals surface area contributed by atoms with Gasteiger partial charge in [-0.05, 0) is 47.7 Å². The molecule has 1 aliphatic rings. The molecule has 0 unspecified atom stereocenters. The molecule has 0 saturated carbocycles. The van der Waals surface area contributed by atoms with E-state index in [2.05, 4.69) is 0 Å². The summed E-state index contributed by atoms with van der Waals surface area (Å²) in [5, 5.41) is -0.280. The number of halogens is 4. The number of benzene rings is 2. The van der Waals surface area contributed by atoms with Crippen LogP contribution in [0.15, 0.2) is 41.3 Å². The summed E-state index contributed by atoms with van der Waals surface area (Å²) in [7, 11) is 0. The number of rotatable bonds is 3. The van der Waals surface area contributed by atoms with Crippen LogP contribution in [0.1, 0.15) is 11.1 Å². The van der Waals surface area contributed by atoms with Crippen LogP contribution in [0.25, 0.3) is 6.08 Å². The fourth-order valence-corrected chi connectivity index (χ4v) is 3.50. The maximum Gasteiger partial charge on any atom is 0.293 e. The number of nitrogens with zero attached hydrogens (tertiary/aromatic N) is 1. The van der Waals surface area contributed by atoms with Crippen molar-refractivity contribution in [1.29, 1.82) is 0 Å². The van der Waals surface area contributed by atoms with E-state index in [4.69, 9.17) is 23.2 Å². The topological polar surface area (TPSA) is 37.4 Å². The van der Waals surface area contributed by atoms with Gasteiger partial charge in [-0.2, -0.15) is 0 Å². The van der Waals surface area contributed by atoms with Crippen LogP contribution in [0, 0.1) is 11.6 Å². The number of amides is 2. The number of thioether (sulfide) groups is 1. The van der Waals surface area contributed by atoms with E-state index in [0.717, 1.165) is 11.0 Å². The minimum Gasteiger partial charge on any atom is -0.268 e. The van der Waals surface area contributed by atoms with Gasteiger partial charge in [0.25, 0.3) is 11.1 Å². The second kappa shape index (κ2) is 7.15. The van der Waals surface area contributed by atoms with Crippen LogP contribution in [0.3, 0.4) is 0 Å². The molecule has 0 spiro atoms. The van der Waals surface area contributed by atoms with Crippen molar-refractivity contribution in [2.24, 2.45) is 0 Å². The van der Waals surface area contributed by atoms with E-state index < -0.39 is 22.8 Å². The summed E-state index contributed by atoms with van der Waals surface area (Å²) in [6.45, 7) is -0.105. The highest BCUT2D eigenvalue weighted by Gasteiger charge is 2.35. The van der Waals surface area contributed by atoms with Crippen molar-refractivity contribution in [3.63, 3.8) is 0 Å². The third-order valence-corrected chi connectivity index (χ3v) is 5.08. The molecule has 8 heteroatoms. The molecule has 0 atom stereocenters. The predicted molar refractivity (Wildman–Crippen MR) is 94.3 cm³/mol. The molecule has 1 aliphatic heterocycles. The Labute approximate surface area is 156 Å². The molecule has 25 heavy (non-hydrogen) atoms. The van der Waals surface area contributed by atoms with Crippen LogP contribution in [-0.2, 0) is 11.3 Å². The lowest BCUT2D eigenvalue weighted by molar-refractivity contribution is -0.123. The second-order valence-corrected chi connectivity index (χ2v) is 6.95. The zero-order valence-corrected chi connectivity index (χ0v) is 14.8. The number of carbonyl (C=O) groups is 2. The first-order valence-electron chi connectivity index (χ1n) is 7.00. The summed E-state index contributed by atoms with van der Waals surface area (Å²) >= 11 is 12.5. The number of carbonyl (C=O) groups excluding carboxylic acids is 2. The molecule has 0 N–H and O–H groups in total. The molecule has 0 aliphatic carbocycles. The van der Waals surface area contributed by atoms with Crippen molar-refractivity contribution < 1.29 is 18.4 Å². The van der Waals surface area contributed by atoms with Crippen LogP contribution >= 0.6 is 35.0 Å². The number of hydrogen-bond donors (Lipinski definition) is 0. The van der Waals surface area contributed by atoms with Gasteiger partial charge in [-0.15, -0.1) is 0 Å². The summed E-state index contributed by atoms with van der Waals surface area (Å²) < 4.78 is 27.0. The fourth-order valence-electron chi connectivity index (χ4n) is 2.24. The summed E-state index contributed by atoms with van der Waals surface area (Å²) in [6, 6.07) is 7.83. The van der Waals surface area contributed by atoms with Gasteiger partial charge in [0.05, 0.1) is 16.5 Å². The van der Waals surface area contributed by atoms with Crippen molar-refractivity contribution in [2.45, 2.75) is 6.54 Å². The van der Waals surface area contributed by atoms with E-state index in [1.54, 1.807) is 0 Å². The zero-order valence-electron chi connectivity index (χ0n) is 12.4. The third kappa shape index (κ3) is 3.71. The van der Waals surface area contributed by atoms with Crippen LogP contribution in [-0.4, -0.2) is 16.0 Å². The smallest absolute Gasteiger partial charge is 0.268 e. The Morgan fingerprint density at radius 1 is 1.08 bits per heavy atom. The van der Waals surface area contributed by atoms with Crippen molar-refractivity contribution in [3.05, 3.63) is 74.1 Å². The van der Waals surface area contributed by atoms with Gasteiger partial charge in [-0.3, -0.25) is 14.5 Å². The molecule has 1 fully saturated rings. The van der Waals surface area contributed by atoms with Crippen molar-refractivity contribution in [1.82, 2.24) is 4.90 Å². The molecule has 3 nitrogen and oxygen atoms in total. The van der Waals surface area contributed by atoms with Gasteiger partial charge in [-0.1, -0.05) is 35.3 Å². The Bertz CT molecular complexity index is 897. The number of hydrogen-bond acceptors (Lipinski definition) is 3. The number of imide groups is 1. The minimum absolute atomic E-state index is 0.0366. The third-order valence-electron chi connectivity index (χ3n) is 3.49. The van der Waals surface area contributed by atoms with E-state index in [1.165, 1.54) is 36.4 Å². The monoisotopic (exact) mass is 399 g/mol. The van der Waals surface area contributed by atoms with Crippen molar-refractivity contribution in [3.8, 4) is 0 Å². The highest BCUT2D eigenvalue weighted by molar-refractivity contribution is 8.18. The van der Waals surface area contributed by atoms with E-state index in [-0.39, 0.29) is 27.1 Å². The molecule has 1 saturated heterocycles. The zero-order chi connectivity index (χ0) is 18.1. The van der Waals surface area contributed by atoms with E-state index >= 15 is 0 Å². The lowest BCUT2D eigenvalue weighted by atomic mass is 10.2. The Morgan fingerprint density at radius 2 is 1.84 bits per heavy atom. The molecule has 2 aromatic rings. The first kappa shape index (κ1) is 17.9. The van der Waals surface area contributed by atoms with Gasteiger partial charge in [-0.25, -0.2) is 8.78 Å². The largest absolute Gasteiger partial charge is 0.293 e. The molecular weight excluding hydrogens is 391 g/mol. The van der Waals surface area contributed by atoms with E-state index in [9.17, 15) is 18.4 Å². The molecule has 0 aromatic heterocycles. The molecule has 2 amide bonds. The molecule has 3 rings (SSSR count). The molecule has 1 heterocycles. The molecule has 0 bridgehead atoms. The first-order valence-corrected chi connectivity index (χ1v) is 8.57. The van der Waals surface area contributed by atoms with Crippen LogP contribution in [0.2, 0.25) is 10.0 Å². The summed E-state index contributed by atoms with van der Waals surface area (Å²) in [5.41, 5.74) is 0.463. The predicted octanol–water partition coefficient (Wildman–Crippen LogP) is 5.51. The Hall–Kier alpha value is -1.89. The van der Waals surface area contributed by atoms with Crippen molar-refractivity contribution >= 4 is 52.2 Å². The van der Waals surface area contributed by atoms with Gasteiger partial charge in [0.1, 0.15) is 11.6 Å². The van der Waals surface area contributed by atoms with Gasteiger partial charge in [0.15, 0.2) is 0 Å². The van der Waals surface area contributed by atoms with Gasteiger partial charge < -0.3 is 0 Å². The fraction of sp³-hybridized carbons (Fsp3) is 0.0588. The minimum atomic E-state index is -0.596. The summed E-state index contributed by atoms with van der Waals surface area (Å²) in [6.07, 6.45) is 1.24. The Kier molecular flexibility index (Phi) is 5.13. The summed E-state index contributed by atoms with van der Waals surface area (Å²) in [5.74, 6) is -1.70. The highest BCUT2D eigenvalue weighted by Crippen LogP contribution is 2.35. The average Bonchev–Trinajstić information content (AvgIpc) is 2.81. The standard InChI is InChI=1S/C17H9Cl2F2NO2S/c18-12-2-1-3-14(21)11(12)7-15-16(23)22(17(24)25-15)8-9-4-5-10(20)6-13(9)19/h1-7H,8H2/b15-7-. The van der Waals surface area contributed by atoms with Crippen LogP contribution < -0.4 is 0 Å². The molecule has 0 radical (unpaired) electrons. The quantitative estimate of drug-likeness (QED) is 0.638. The maximum absolute atomic E-state index is 13.9. The van der Waals surface area contributed by atoms with Gasteiger partial charge >= 0.3 is 0 Å². The SMILES string of the molecule is O=C1S/C(=C\c2c(F)cccc2Cl)C(=O)N1Cc1ccc(F)cc1Cl.